The number of rotatable bonds is 9. The zero-order valence-corrected chi connectivity index (χ0v) is 18.8. The summed E-state index contributed by atoms with van der Waals surface area (Å²) in [6.45, 7) is 3.99. The van der Waals surface area contributed by atoms with Crippen LogP contribution in [0.2, 0.25) is 0 Å². The fourth-order valence-electron chi connectivity index (χ4n) is 4.11. The Balaban J connectivity index is 1.57. The molecule has 1 aromatic rings. The molecule has 2 aliphatic heterocycles. The molecule has 0 saturated carbocycles. The molecule has 1 saturated heterocycles. The van der Waals surface area contributed by atoms with E-state index in [9.17, 15) is 18.8 Å². The number of unbranched alkanes of at least 4 members (excludes halogenated alkanes) is 3. The van der Waals surface area contributed by atoms with E-state index >= 15 is 0 Å². The van der Waals surface area contributed by atoms with E-state index in [1.807, 2.05) is 0 Å². The maximum Gasteiger partial charge on any atom is 0.270 e. The van der Waals surface area contributed by atoms with E-state index in [4.69, 9.17) is 0 Å². The van der Waals surface area contributed by atoms with Gasteiger partial charge in [-0.3, -0.25) is 14.4 Å². The van der Waals surface area contributed by atoms with Crippen LogP contribution in [0.5, 0.6) is 0 Å². The molecular weight excluding hydrogens is 411 g/mol. The number of carbonyl (C=O) groups is 3. The van der Waals surface area contributed by atoms with E-state index in [-0.39, 0.29) is 42.4 Å². The molecule has 0 radical (unpaired) electrons. The molecule has 0 spiro atoms. The van der Waals surface area contributed by atoms with Crippen molar-refractivity contribution in [1.82, 2.24) is 15.2 Å². The zero-order chi connectivity index (χ0) is 22.9. The van der Waals surface area contributed by atoms with Gasteiger partial charge < -0.3 is 10.2 Å². The fourth-order valence-corrected chi connectivity index (χ4v) is 4.11. The Kier molecular flexibility index (Phi) is 8.76. The Labute approximate surface area is 189 Å². The van der Waals surface area contributed by atoms with Crippen molar-refractivity contribution >= 4 is 23.4 Å². The van der Waals surface area contributed by atoms with Crippen molar-refractivity contribution in [2.24, 2.45) is 11.0 Å². The Bertz CT molecular complexity index is 840. The summed E-state index contributed by atoms with van der Waals surface area (Å²) in [4.78, 5) is 39.6. The highest BCUT2D eigenvalue weighted by molar-refractivity contribution is 6.39. The average molecular weight is 445 g/mol. The summed E-state index contributed by atoms with van der Waals surface area (Å²) in [7, 11) is 0. The summed E-state index contributed by atoms with van der Waals surface area (Å²) in [5, 5.41) is 8.61. The molecule has 0 aromatic heterocycles. The molecule has 1 fully saturated rings. The van der Waals surface area contributed by atoms with Crippen molar-refractivity contribution in [2.45, 2.75) is 64.8 Å². The number of nitrogens with one attached hydrogen (secondary N) is 1. The van der Waals surface area contributed by atoms with Gasteiger partial charge in [-0.25, -0.2) is 9.40 Å². The molecule has 7 nitrogen and oxygen atoms in total. The van der Waals surface area contributed by atoms with Crippen molar-refractivity contribution in [3.05, 3.63) is 35.6 Å². The Hall–Kier alpha value is -2.77. The van der Waals surface area contributed by atoms with E-state index in [2.05, 4.69) is 17.3 Å². The monoisotopic (exact) mass is 444 g/mol. The highest BCUT2D eigenvalue weighted by Crippen LogP contribution is 2.20. The van der Waals surface area contributed by atoms with E-state index in [1.165, 1.54) is 23.6 Å². The highest BCUT2D eigenvalue weighted by atomic mass is 19.1. The molecule has 1 N–H and O–H groups in total. The number of amides is 3. The Morgan fingerprint density at radius 1 is 1.16 bits per heavy atom. The predicted octanol–water partition coefficient (Wildman–Crippen LogP) is 3.24. The molecule has 3 amide bonds. The van der Waals surface area contributed by atoms with Crippen LogP contribution in [0, 0.1) is 11.7 Å². The summed E-state index contributed by atoms with van der Waals surface area (Å²) in [6, 6.07) is 5.87. The van der Waals surface area contributed by atoms with Crippen LogP contribution in [0.3, 0.4) is 0 Å². The van der Waals surface area contributed by atoms with Gasteiger partial charge >= 0.3 is 0 Å². The first-order valence-electron chi connectivity index (χ1n) is 11.7. The predicted molar refractivity (Wildman–Crippen MR) is 120 cm³/mol. The van der Waals surface area contributed by atoms with Crippen molar-refractivity contribution < 1.29 is 18.8 Å². The summed E-state index contributed by atoms with van der Waals surface area (Å²) < 4.78 is 13.1. The van der Waals surface area contributed by atoms with E-state index < -0.39 is 0 Å². The summed E-state index contributed by atoms with van der Waals surface area (Å²) in [5.41, 5.74) is 1.08. The van der Waals surface area contributed by atoms with Crippen molar-refractivity contribution in [1.29, 1.82) is 0 Å². The molecule has 1 aromatic carbocycles. The third kappa shape index (κ3) is 6.61. The normalized spacial score (nSPS) is 19.0. The lowest BCUT2D eigenvalue weighted by Crippen LogP contribution is -2.48. The molecular formula is C24H33FN4O3. The minimum Gasteiger partial charge on any atom is -0.356 e. The standard InChI is InChI=1S/C24H33FN4O3/c1-2-3-4-5-14-26-23(31)19-7-6-15-28(17-19)24(32)21-12-13-22(30)29(27-21)16-18-8-10-20(25)11-9-18/h8-11,19H,2-7,12-17H2,1H3,(H,26,31). The van der Waals surface area contributed by atoms with Gasteiger partial charge in [0.2, 0.25) is 11.8 Å². The van der Waals surface area contributed by atoms with Gasteiger partial charge in [0.25, 0.3) is 5.91 Å². The maximum absolute atomic E-state index is 13.1. The van der Waals surface area contributed by atoms with Crippen LogP contribution in [0.4, 0.5) is 4.39 Å². The minimum atomic E-state index is -0.345. The molecule has 174 valence electrons. The highest BCUT2D eigenvalue weighted by Gasteiger charge is 2.32. The lowest BCUT2D eigenvalue weighted by Gasteiger charge is -2.33. The van der Waals surface area contributed by atoms with Gasteiger partial charge in [-0.2, -0.15) is 5.10 Å². The number of carbonyl (C=O) groups excluding carboxylic acids is 3. The van der Waals surface area contributed by atoms with Crippen LogP contribution in [-0.4, -0.2) is 53.0 Å². The lowest BCUT2D eigenvalue weighted by molar-refractivity contribution is -0.133. The van der Waals surface area contributed by atoms with E-state index in [0.717, 1.165) is 37.7 Å². The molecule has 1 atom stereocenters. The molecule has 8 heteroatoms. The number of hydrogen-bond acceptors (Lipinski definition) is 4. The SMILES string of the molecule is CCCCCCNC(=O)C1CCCN(C(=O)C2=NN(Cc3ccc(F)cc3)C(=O)CC2)C1. The first-order chi connectivity index (χ1) is 15.5. The van der Waals surface area contributed by atoms with Gasteiger partial charge in [0.05, 0.1) is 12.5 Å². The van der Waals surface area contributed by atoms with Crippen LogP contribution in [0.15, 0.2) is 29.4 Å². The first-order valence-corrected chi connectivity index (χ1v) is 11.7. The number of piperidine rings is 1. The van der Waals surface area contributed by atoms with E-state index in [1.54, 1.807) is 17.0 Å². The molecule has 1 unspecified atom stereocenters. The molecule has 3 rings (SSSR count). The van der Waals surface area contributed by atoms with Crippen LogP contribution >= 0.6 is 0 Å². The van der Waals surface area contributed by atoms with Crippen LogP contribution in [0.25, 0.3) is 0 Å². The van der Waals surface area contributed by atoms with Crippen molar-refractivity contribution in [2.75, 3.05) is 19.6 Å². The molecule has 2 heterocycles. The topological polar surface area (TPSA) is 82.1 Å². The van der Waals surface area contributed by atoms with Gasteiger partial charge in [0.15, 0.2) is 0 Å². The van der Waals surface area contributed by atoms with E-state index in [0.29, 0.717) is 31.8 Å². The van der Waals surface area contributed by atoms with Gasteiger partial charge in [0.1, 0.15) is 11.5 Å². The summed E-state index contributed by atoms with van der Waals surface area (Å²) >= 11 is 0. The minimum absolute atomic E-state index is 0.0118. The molecule has 2 aliphatic rings. The number of benzene rings is 1. The maximum atomic E-state index is 13.1. The fraction of sp³-hybridized carbons (Fsp3) is 0.583. The third-order valence-corrected chi connectivity index (χ3v) is 6.01. The Morgan fingerprint density at radius 2 is 1.94 bits per heavy atom. The second kappa shape index (κ2) is 11.7. The summed E-state index contributed by atoms with van der Waals surface area (Å²) in [6.07, 6.45) is 6.46. The smallest absolute Gasteiger partial charge is 0.270 e. The molecule has 0 bridgehead atoms. The van der Waals surface area contributed by atoms with Gasteiger partial charge in [-0.15, -0.1) is 0 Å². The number of nitrogens with zero attached hydrogens (tertiary/aromatic N) is 3. The number of hydrogen-bond donors (Lipinski definition) is 1. The van der Waals surface area contributed by atoms with Crippen LogP contribution in [-0.2, 0) is 20.9 Å². The van der Waals surface area contributed by atoms with Crippen molar-refractivity contribution in [3.8, 4) is 0 Å². The number of hydrazone groups is 1. The number of likely N-dealkylation sites (tertiary alicyclic amines) is 1. The second-order valence-corrected chi connectivity index (χ2v) is 8.57. The zero-order valence-electron chi connectivity index (χ0n) is 18.8. The lowest BCUT2D eigenvalue weighted by atomic mass is 9.96. The first kappa shape index (κ1) is 23.9. The van der Waals surface area contributed by atoms with Crippen LogP contribution < -0.4 is 5.32 Å². The second-order valence-electron chi connectivity index (χ2n) is 8.57. The van der Waals surface area contributed by atoms with Crippen molar-refractivity contribution in [3.63, 3.8) is 0 Å². The quantitative estimate of drug-likeness (QED) is 0.594. The molecule has 32 heavy (non-hydrogen) atoms. The largest absolute Gasteiger partial charge is 0.356 e. The summed E-state index contributed by atoms with van der Waals surface area (Å²) in [5.74, 6) is -0.910. The van der Waals surface area contributed by atoms with Gasteiger partial charge in [0, 0.05) is 32.5 Å². The van der Waals surface area contributed by atoms with Gasteiger partial charge in [-0.05, 0) is 37.0 Å². The van der Waals surface area contributed by atoms with Gasteiger partial charge in [-0.1, -0.05) is 38.3 Å². The third-order valence-electron chi connectivity index (χ3n) is 6.01. The number of halogens is 1. The van der Waals surface area contributed by atoms with Crippen LogP contribution in [0.1, 0.15) is 63.9 Å². The Morgan fingerprint density at radius 3 is 2.69 bits per heavy atom. The average Bonchev–Trinajstić information content (AvgIpc) is 2.81. The molecule has 0 aliphatic carbocycles.